The summed E-state index contributed by atoms with van der Waals surface area (Å²) in [5.41, 5.74) is 0.730. The Morgan fingerprint density at radius 2 is 2.31 bits per heavy atom. The maximum atomic E-state index is 11.7. The van der Waals surface area contributed by atoms with E-state index in [1.807, 2.05) is 6.92 Å². The zero-order valence-corrected chi connectivity index (χ0v) is 10.3. The van der Waals surface area contributed by atoms with Gasteiger partial charge in [0.15, 0.2) is 0 Å². The van der Waals surface area contributed by atoms with E-state index in [1.165, 1.54) is 0 Å². The quantitative estimate of drug-likeness (QED) is 0.604. The van der Waals surface area contributed by atoms with Crippen molar-refractivity contribution in [1.29, 1.82) is 0 Å². The van der Waals surface area contributed by atoms with Crippen molar-refractivity contribution in [3.8, 4) is 0 Å². The van der Waals surface area contributed by atoms with Crippen LogP contribution in [0.4, 0.5) is 0 Å². The minimum atomic E-state index is 0.104. The van der Waals surface area contributed by atoms with Gasteiger partial charge in [-0.3, -0.25) is 4.79 Å². The van der Waals surface area contributed by atoms with Crippen molar-refractivity contribution < 1.29 is 4.79 Å². The van der Waals surface area contributed by atoms with Crippen molar-refractivity contribution in [2.24, 2.45) is 5.92 Å². The van der Waals surface area contributed by atoms with Gasteiger partial charge in [0.25, 0.3) is 0 Å². The van der Waals surface area contributed by atoms with Crippen LogP contribution < -0.4 is 0 Å². The minimum Gasteiger partial charge on any atom is -0.338 e. The zero-order valence-electron chi connectivity index (χ0n) is 8.78. The van der Waals surface area contributed by atoms with E-state index in [4.69, 9.17) is 23.2 Å². The zero-order chi connectivity index (χ0) is 11.7. The second-order valence-corrected chi connectivity index (χ2v) is 4.60. The van der Waals surface area contributed by atoms with Crippen LogP contribution in [0.2, 0.25) is 10.4 Å². The van der Waals surface area contributed by atoms with Crippen LogP contribution in [0.15, 0.2) is 6.20 Å². The van der Waals surface area contributed by atoms with Crippen molar-refractivity contribution in [2.45, 2.75) is 19.9 Å². The summed E-state index contributed by atoms with van der Waals surface area (Å²) in [6.07, 6.45) is 2.46. The average molecular weight is 260 g/mol. The number of carbonyl (C=O) groups excluding carboxylic acids is 1. The van der Waals surface area contributed by atoms with E-state index < -0.39 is 0 Å². The number of likely N-dealkylation sites (tertiary alicyclic amines) is 1. The van der Waals surface area contributed by atoms with E-state index in [0.717, 1.165) is 18.5 Å². The van der Waals surface area contributed by atoms with Gasteiger partial charge in [0, 0.05) is 24.2 Å². The van der Waals surface area contributed by atoms with Crippen molar-refractivity contribution in [3.63, 3.8) is 0 Å². The monoisotopic (exact) mass is 259 g/mol. The van der Waals surface area contributed by atoms with Gasteiger partial charge >= 0.3 is 0 Å². The molecule has 0 aliphatic carbocycles. The highest BCUT2D eigenvalue weighted by molar-refractivity contribution is 6.32. The molecule has 1 saturated heterocycles. The normalized spacial score (nSPS) is 20.6. The van der Waals surface area contributed by atoms with Gasteiger partial charge in [0.05, 0.1) is 6.54 Å². The molecule has 1 atom stereocenters. The summed E-state index contributed by atoms with van der Waals surface area (Å²) in [7, 11) is 0. The summed E-state index contributed by atoms with van der Waals surface area (Å²) < 4.78 is 0. The molecule has 1 aliphatic rings. The maximum Gasteiger partial charge on any atom is 0.225 e. The SMILES string of the molecule is CC1CCN(Cc2cnc(Cl)nc2Cl)C1=O. The molecule has 2 rings (SSSR count). The average Bonchev–Trinajstić information content (AvgIpc) is 2.54. The predicted octanol–water partition coefficient (Wildman–Crippen LogP) is 2.15. The molecule has 2 heterocycles. The number of halogens is 2. The Bertz CT molecular complexity index is 425. The molecule has 16 heavy (non-hydrogen) atoms. The van der Waals surface area contributed by atoms with Crippen LogP contribution in [0.3, 0.4) is 0 Å². The highest BCUT2D eigenvalue weighted by Crippen LogP contribution is 2.22. The van der Waals surface area contributed by atoms with Crippen LogP contribution in [-0.4, -0.2) is 27.3 Å². The third-order valence-corrected chi connectivity index (χ3v) is 3.22. The molecular weight excluding hydrogens is 249 g/mol. The van der Waals surface area contributed by atoms with E-state index in [1.54, 1.807) is 11.1 Å². The molecular formula is C10H11Cl2N3O. The summed E-state index contributed by atoms with van der Waals surface area (Å²) in [6, 6.07) is 0. The molecule has 6 heteroatoms. The number of amides is 1. The van der Waals surface area contributed by atoms with Gasteiger partial charge in [0.2, 0.25) is 11.2 Å². The van der Waals surface area contributed by atoms with Crippen LogP contribution in [0.5, 0.6) is 0 Å². The fourth-order valence-corrected chi connectivity index (χ4v) is 2.09. The first-order valence-electron chi connectivity index (χ1n) is 5.03. The van der Waals surface area contributed by atoms with Crippen LogP contribution in [0, 0.1) is 5.92 Å². The van der Waals surface area contributed by atoms with Gasteiger partial charge in [-0.15, -0.1) is 0 Å². The molecule has 1 fully saturated rings. The summed E-state index contributed by atoms with van der Waals surface area (Å²) in [6.45, 7) is 3.15. The number of nitrogens with zero attached hydrogens (tertiary/aromatic N) is 3. The Kier molecular flexibility index (Phi) is 3.30. The third-order valence-electron chi connectivity index (χ3n) is 2.71. The lowest BCUT2D eigenvalue weighted by atomic mass is 10.1. The number of hydrogen-bond acceptors (Lipinski definition) is 3. The van der Waals surface area contributed by atoms with Gasteiger partial charge in [-0.1, -0.05) is 18.5 Å². The largest absolute Gasteiger partial charge is 0.338 e. The molecule has 0 spiro atoms. The van der Waals surface area contributed by atoms with Crippen LogP contribution in [0.1, 0.15) is 18.9 Å². The van der Waals surface area contributed by atoms with Crippen molar-refractivity contribution in [3.05, 3.63) is 22.2 Å². The van der Waals surface area contributed by atoms with E-state index in [9.17, 15) is 4.79 Å². The molecule has 4 nitrogen and oxygen atoms in total. The topological polar surface area (TPSA) is 46.1 Å². The summed E-state index contributed by atoms with van der Waals surface area (Å²) in [5, 5.41) is 0.433. The summed E-state index contributed by atoms with van der Waals surface area (Å²) >= 11 is 11.5. The van der Waals surface area contributed by atoms with E-state index in [-0.39, 0.29) is 17.1 Å². The standard InChI is InChI=1S/C10H11Cl2N3O/c1-6-2-3-15(9(6)16)5-7-4-13-10(12)14-8(7)11/h4,6H,2-3,5H2,1H3. The second-order valence-electron chi connectivity index (χ2n) is 3.90. The Labute approximate surface area is 104 Å². The lowest BCUT2D eigenvalue weighted by Gasteiger charge is -2.16. The first-order valence-corrected chi connectivity index (χ1v) is 5.79. The number of aromatic nitrogens is 2. The molecule has 1 aromatic heterocycles. The Morgan fingerprint density at radius 3 is 2.88 bits per heavy atom. The van der Waals surface area contributed by atoms with Crippen molar-refractivity contribution in [1.82, 2.24) is 14.9 Å². The third kappa shape index (κ3) is 2.28. The first-order chi connectivity index (χ1) is 7.58. The number of carbonyl (C=O) groups is 1. The minimum absolute atomic E-state index is 0.104. The Balaban J connectivity index is 2.12. The highest BCUT2D eigenvalue weighted by atomic mass is 35.5. The molecule has 1 aliphatic heterocycles. The van der Waals surface area contributed by atoms with E-state index >= 15 is 0 Å². The van der Waals surface area contributed by atoms with E-state index in [0.29, 0.717) is 11.7 Å². The lowest BCUT2D eigenvalue weighted by Crippen LogP contribution is -2.26. The highest BCUT2D eigenvalue weighted by Gasteiger charge is 2.28. The van der Waals surface area contributed by atoms with Gasteiger partial charge in [-0.2, -0.15) is 0 Å². The fourth-order valence-electron chi connectivity index (χ4n) is 1.73. The lowest BCUT2D eigenvalue weighted by molar-refractivity contribution is -0.131. The van der Waals surface area contributed by atoms with Gasteiger partial charge in [-0.05, 0) is 18.0 Å². The molecule has 0 bridgehead atoms. The van der Waals surface area contributed by atoms with Crippen molar-refractivity contribution >= 4 is 29.1 Å². The Morgan fingerprint density at radius 1 is 1.56 bits per heavy atom. The molecule has 1 unspecified atom stereocenters. The second kappa shape index (κ2) is 4.55. The fraction of sp³-hybridized carbons (Fsp3) is 0.500. The molecule has 0 aromatic carbocycles. The van der Waals surface area contributed by atoms with Crippen LogP contribution in [-0.2, 0) is 11.3 Å². The van der Waals surface area contributed by atoms with Gasteiger partial charge in [0.1, 0.15) is 5.15 Å². The van der Waals surface area contributed by atoms with Crippen molar-refractivity contribution in [2.75, 3.05) is 6.54 Å². The molecule has 1 amide bonds. The predicted molar refractivity (Wildman–Crippen MR) is 61.3 cm³/mol. The van der Waals surface area contributed by atoms with Gasteiger partial charge in [-0.25, -0.2) is 9.97 Å². The summed E-state index contributed by atoms with van der Waals surface area (Å²) in [4.78, 5) is 21.2. The smallest absolute Gasteiger partial charge is 0.225 e. The van der Waals surface area contributed by atoms with Crippen LogP contribution in [0.25, 0.3) is 0 Å². The van der Waals surface area contributed by atoms with Gasteiger partial charge < -0.3 is 4.90 Å². The number of rotatable bonds is 2. The molecule has 0 N–H and O–H groups in total. The van der Waals surface area contributed by atoms with E-state index in [2.05, 4.69) is 9.97 Å². The molecule has 0 radical (unpaired) electrons. The summed E-state index contributed by atoms with van der Waals surface area (Å²) in [5.74, 6) is 0.262. The van der Waals surface area contributed by atoms with Crippen LogP contribution >= 0.6 is 23.2 Å². The first kappa shape index (κ1) is 11.6. The maximum absolute atomic E-state index is 11.7. The Hall–Kier alpha value is -0.870. The number of hydrogen-bond donors (Lipinski definition) is 0. The molecule has 86 valence electrons. The molecule has 1 aromatic rings. The molecule has 0 saturated carbocycles.